The maximum absolute atomic E-state index is 8.12. The van der Waals surface area contributed by atoms with E-state index in [1.165, 1.54) is 0 Å². The standard InChI is InChI=1S/C2H8NO3PS/c3-1-2-8-6-7(4)5/h4-5H,1-3H2. The van der Waals surface area contributed by atoms with Crippen LogP contribution in [0.1, 0.15) is 0 Å². The van der Waals surface area contributed by atoms with Crippen molar-refractivity contribution in [3.05, 3.63) is 0 Å². The molecular weight excluding hydrogens is 149 g/mol. The van der Waals surface area contributed by atoms with Crippen LogP contribution in [0.4, 0.5) is 0 Å². The molecule has 0 spiro atoms. The van der Waals surface area contributed by atoms with Crippen LogP contribution in [-0.2, 0) is 3.97 Å². The zero-order valence-corrected chi connectivity index (χ0v) is 5.86. The fourth-order valence-corrected chi connectivity index (χ4v) is 0.904. The van der Waals surface area contributed by atoms with Crippen molar-refractivity contribution in [1.29, 1.82) is 0 Å². The minimum absolute atomic E-state index is 0.480. The van der Waals surface area contributed by atoms with Gasteiger partial charge in [-0.25, -0.2) is 3.97 Å². The maximum atomic E-state index is 8.12. The highest BCUT2D eigenvalue weighted by Crippen LogP contribution is 2.30. The lowest BCUT2D eigenvalue weighted by molar-refractivity contribution is 0.397. The Morgan fingerprint density at radius 3 is 2.62 bits per heavy atom. The van der Waals surface area contributed by atoms with E-state index in [0.29, 0.717) is 12.3 Å². The molecule has 0 aromatic rings. The van der Waals surface area contributed by atoms with Gasteiger partial charge in [-0.15, -0.1) is 0 Å². The van der Waals surface area contributed by atoms with Gasteiger partial charge in [0.25, 0.3) is 0 Å². The molecule has 0 fully saturated rings. The number of rotatable bonds is 4. The molecule has 0 aliphatic rings. The van der Waals surface area contributed by atoms with Crippen molar-refractivity contribution in [3.8, 4) is 0 Å². The summed E-state index contributed by atoms with van der Waals surface area (Å²) in [6.07, 6.45) is 0. The second-order valence-electron chi connectivity index (χ2n) is 0.938. The summed E-state index contributed by atoms with van der Waals surface area (Å²) < 4.78 is 4.29. The van der Waals surface area contributed by atoms with Crippen molar-refractivity contribution in [1.82, 2.24) is 0 Å². The van der Waals surface area contributed by atoms with Crippen LogP contribution >= 0.6 is 20.6 Å². The topological polar surface area (TPSA) is 75.7 Å². The average Bonchev–Trinajstić information content (AvgIpc) is 1.66. The molecule has 0 aliphatic carbocycles. The van der Waals surface area contributed by atoms with Gasteiger partial charge in [-0.3, -0.25) is 0 Å². The molecule has 0 aromatic carbocycles. The molecule has 0 rings (SSSR count). The maximum Gasteiger partial charge on any atom is 0.339 e. The van der Waals surface area contributed by atoms with E-state index >= 15 is 0 Å². The van der Waals surface area contributed by atoms with Gasteiger partial charge in [-0.1, -0.05) is 0 Å². The van der Waals surface area contributed by atoms with Gasteiger partial charge in [-0.05, 0) is 0 Å². The van der Waals surface area contributed by atoms with E-state index < -0.39 is 8.60 Å². The largest absolute Gasteiger partial charge is 0.339 e. The lowest BCUT2D eigenvalue weighted by Gasteiger charge is -1.98. The monoisotopic (exact) mass is 157 g/mol. The molecule has 6 heteroatoms. The van der Waals surface area contributed by atoms with Gasteiger partial charge >= 0.3 is 8.60 Å². The molecule has 0 atom stereocenters. The summed E-state index contributed by atoms with van der Waals surface area (Å²) in [6, 6.07) is 0. The highest BCUT2D eigenvalue weighted by atomic mass is 32.2. The minimum atomic E-state index is -2.20. The molecule has 0 bridgehead atoms. The third-order valence-corrected chi connectivity index (χ3v) is 1.68. The first-order chi connectivity index (χ1) is 3.77. The third-order valence-electron chi connectivity index (χ3n) is 0.321. The second-order valence-corrected chi connectivity index (χ2v) is 2.68. The van der Waals surface area contributed by atoms with Gasteiger partial charge in [0, 0.05) is 24.3 Å². The zero-order chi connectivity index (χ0) is 6.41. The Balaban J connectivity index is 2.72. The van der Waals surface area contributed by atoms with Gasteiger partial charge in [0.15, 0.2) is 0 Å². The number of hydrogen-bond donors (Lipinski definition) is 3. The molecule has 0 saturated heterocycles. The predicted octanol–water partition coefficient (Wildman–Crippen LogP) is -0.179. The third kappa shape index (κ3) is 6.62. The molecule has 0 heterocycles. The summed E-state index contributed by atoms with van der Waals surface area (Å²) in [7, 11) is -2.20. The molecule has 0 unspecified atom stereocenters. The molecule has 0 aliphatic heterocycles. The minimum Gasteiger partial charge on any atom is -0.330 e. The zero-order valence-electron chi connectivity index (χ0n) is 4.15. The summed E-state index contributed by atoms with van der Waals surface area (Å²) >= 11 is 0.965. The summed E-state index contributed by atoms with van der Waals surface area (Å²) in [5.74, 6) is 0.583. The molecule has 0 radical (unpaired) electrons. The van der Waals surface area contributed by atoms with E-state index in [4.69, 9.17) is 15.5 Å². The molecule has 8 heavy (non-hydrogen) atoms. The van der Waals surface area contributed by atoms with Crippen LogP contribution in [0.25, 0.3) is 0 Å². The van der Waals surface area contributed by atoms with E-state index in [9.17, 15) is 0 Å². The van der Waals surface area contributed by atoms with Gasteiger partial charge < -0.3 is 15.5 Å². The Kier molecular flexibility index (Phi) is 6.20. The molecule has 0 saturated carbocycles. The first-order valence-corrected chi connectivity index (χ1v) is 4.02. The van der Waals surface area contributed by atoms with Crippen molar-refractivity contribution in [3.63, 3.8) is 0 Å². The molecule has 4 N–H and O–H groups in total. The van der Waals surface area contributed by atoms with E-state index in [0.717, 1.165) is 12.0 Å². The fourth-order valence-electron chi connectivity index (χ4n) is 0.133. The normalized spacial score (nSPS) is 10.5. The van der Waals surface area contributed by atoms with Crippen molar-refractivity contribution in [2.45, 2.75) is 0 Å². The van der Waals surface area contributed by atoms with E-state index in [1.807, 2.05) is 0 Å². The second kappa shape index (κ2) is 5.75. The smallest absolute Gasteiger partial charge is 0.330 e. The van der Waals surface area contributed by atoms with Gasteiger partial charge in [0.05, 0.1) is 0 Å². The van der Waals surface area contributed by atoms with Crippen LogP contribution in [0.2, 0.25) is 0 Å². The van der Waals surface area contributed by atoms with Crippen LogP contribution in [0.3, 0.4) is 0 Å². The van der Waals surface area contributed by atoms with Gasteiger partial charge in [-0.2, -0.15) is 0 Å². The summed E-state index contributed by atoms with van der Waals surface area (Å²) in [4.78, 5) is 16.2. The molecular formula is C2H8NO3PS. The van der Waals surface area contributed by atoms with Crippen LogP contribution in [0.5, 0.6) is 0 Å². The Hall–Kier alpha value is 0.620. The highest BCUT2D eigenvalue weighted by molar-refractivity contribution is 7.97. The summed E-state index contributed by atoms with van der Waals surface area (Å²) in [5.41, 5.74) is 5.06. The van der Waals surface area contributed by atoms with Crippen LogP contribution in [-0.4, -0.2) is 22.1 Å². The SMILES string of the molecule is NCCSOP(O)O. The van der Waals surface area contributed by atoms with Crippen molar-refractivity contribution >= 4 is 20.6 Å². The first kappa shape index (κ1) is 8.62. The Bertz CT molecular complexity index is 54.5. The lowest BCUT2D eigenvalue weighted by Crippen LogP contribution is -2.00. The van der Waals surface area contributed by atoms with Crippen molar-refractivity contribution in [2.24, 2.45) is 5.73 Å². The summed E-state index contributed by atoms with van der Waals surface area (Å²) in [6.45, 7) is 0.480. The summed E-state index contributed by atoms with van der Waals surface area (Å²) in [5, 5.41) is 0. The quantitative estimate of drug-likeness (QED) is 0.300. The Morgan fingerprint density at radius 1 is 1.62 bits per heavy atom. The first-order valence-electron chi connectivity index (χ1n) is 1.95. The van der Waals surface area contributed by atoms with E-state index in [-0.39, 0.29) is 0 Å². The number of nitrogens with two attached hydrogens (primary N) is 1. The molecule has 50 valence electrons. The van der Waals surface area contributed by atoms with Crippen molar-refractivity contribution in [2.75, 3.05) is 12.3 Å². The average molecular weight is 157 g/mol. The molecule has 4 nitrogen and oxygen atoms in total. The van der Waals surface area contributed by atoms with E-state index in [2.05, 4.69) is 3.97 Å². The van der Waals surface area contributed by atoms with Crippen LogP contribution in [0, 0.1) is 0 Å². The van der Waals surface area contributed by atoms with Gasteiger partial charge in [0.2, 0.25) is 0 Å². The fraction of sp³-hybridized carbons (Fsp3) is 1.00. The van der Waals surface area contributed by atoms with E-state index in [1.54, 1.807) is 0 Å². The highest BCUT2D eigenvalue weighted by Gasteiger charge is 1.96. The van der Waals surface area contributed by atoms with Crippen LogP contribution < -0.4 is 5.73 Å². The predicted molar refractivity (Wildman–Crippen MR) is 34.0 cm³/mol. The Morgan fingerprint density at radius 2 is 2.25 bits per heavy atom. The lowest BCUT2D eigenvalue weighted by atomic mass is 10.8. The molecule has 0 amide bonds. The van der Waals surface area contributed by atoms with Crippen LogP contribution in [0.15, 0.2) is 0 Å². The van der Waals surface area contributed by atoms with Crippen molar-refractivity contribution < 1.29 is 13.8 Å². The number of hydrogen-bond acceptors (Lipinski definition) is 5. The molecule has 0 aromatic heterocycles. The van der Waals surface area contributed by atoms with Gasteiger partial charge in [0.1, 0.15) is 0 Å². The Labute approximate surface area is 53.2 Å².